The molecule has 1 saturated carbocycles. The van der Waals surface area contributed by atoms with E-state index < -0.39 is 12.1 Å². The molecule has 1 aliphatic carbocycles. The first kappa shape index (κ1) is 14.8. The van der Waals surface area contributed by atoms with Gasteiger partial charge in [-0.1, -0.05) is 12.8 Å². The number of carboxylic acids is 1. The molecule has 0 spiro atoms. The summed E-state index contributed by atoms with van der Waals surface area (Å²) in [6.45, 7) is 4.34. The third-order valence-corrected chi connectivity index (χ3v) is 4.68. The van der Waals surface area contributed by atoms with E-state index in [9.17, 15) is 4.79 Å². The SMILES string of the molecule is CCOC(CCN1CCCC1C1CCCC1)C(=O)O. The zero-order valence-corrected chi connectivity index (χ0v) is 12.0. The van der Waals surface area contributed by atoms with E-state index in [-0.39, 0.29) is 0 Å². The molecule has 1 N–H and O–H groups in total. The van der Waals surface area contributed by atoms with E-state index in [1.165, 1.54) is 38.5 Å². The van der Waals surface area contributed by atoms with Crippen LogP contribution in [0.4, 0.5) is 0 Å². The minimum absolute atomic E-state index is 0.475. The van der Waals surface area contributed by atoms with Gasteiger partial charge in [0.25, 0.3) is 0 Å². The third kappa shape index (κ3) is 3.93. The second-order valence-electron chi connectivity index (χ2n) is 5.86. The minimum atomic E-state index is -0.821. The normalized spacial score (nSPS) is 26.9. The van der Waals surface area contributed by atoms with Crippen molar-refractivity contribution in [3.63, 3.8) is 0 Å². The molecule has 110 valence electrons. The first-order valence-corrected chi connectivity index (χ1v) is 7.80. The molecule has 0 bridgehead atoms. The van der Waals surface area contributed by atoms with Gasteiger partial charge in [0.15, 0.2) is 6.10 Å². The average Bonchev–Trinajstić information content (AvgIpc) is 3.03. The van der Waals surface area contributed by atoms with E-state index >= 15 is 0 Å². The number of hydrogen-bond acceptors (Lipinski definition) is 3. The van der Waals surface area contributed by atoms with Crippen LogP contribution in [0.5, 0.6) is 0 Å². The quantitative estimate of drug-likeness (QED) is 0.771. The second kappa shape index (κ2) is 7.25. The van der Waals surface area contributed by atoms with Crippen LogP contribution in [0.25, 0.3) is 0 Å². The molecule has 1 heterocycles. The fourth-order valence-corrected chi connectivity index (χ4v) is 3.77. The first-order chi connectivity index (χ1) is 9.22. The summed E-state index contributed by atoms with van der Waals surface area (Å²) < 4.78 is 5.30. The molecule has 2 fully saturated rings. The van der Waals surface area contributed by atoms with Crippen LogP contribution in [-0.4, -0.2) is 47.8 Å². The Labute approximate surface area is 116 Å². The topological polar surface area (TPSA) is 49.8 Å². The first-order valence-electron chi connectivity index (χ1n) is 7.80. The molecule has 0 aromatic carbocycles. The van der Waals surface area contributed by atoms with Crippen LogP contribution < -0.4 is 0 Å². The van der Waals surface area contributed by atoms with Gasteiger partial charge in [-0.3, -0.25) is 4.90 Å². The Hall–Kier alpha value is -0.610. The fourth-order valence-electron chi connectivity index (χ4n) is 3.77. The Balaban J connectivity index is 1.81. The van der Waals surface area contributed by atoms with Crippen LogP contribution in [0.1, 0.15) is 51.9 Å². The lowest BCUT2D eigenvalue weighted by molar-refractivity contribution is -0.150. The summed E-state index contributed by atoms with van der Waals surface area (Å²) in [4.78, 5) is 13.6. The highest BCUT2D eigenvalue weighted by Crippen LogP contribution is 2.35. The molecule has 2 rings (SSSR count). The van der Waals surface area contributed by atoms with Crippen molar-refractivity contribution in [1.82, 2.24) is 4.90 Å². The number of aliphatic carboxylic acids is 1. The van der Waals surface area contributed by atoms with E-state index in [0.717, 1.165) is 19.0 Å². The van der Waals surface area contributed by atoms with Gasteiger partial charge in [-0.15, -0.1) is 0 Å². The minimum Gasteiger partial charge on any atom is -0.479 e. The summed E-state index contributed by atoms with van der Waals surface area (Å²) in [6, 6.07) is 0.707. The smallest absolute Gasteiger partial charge is 0.332 e. The maximum Gasteiger partial charge on any atom is 0.332 e. The number of carboxylic acid groups (broad SMARTS) is 1. The van der Waals surface area contributed by atoms with Crippen molar-refractivity contribution in [2.45, 2.75) is 64.0 Å². The van der Waals surface area contributed by atoms with E-state index in [1.807, 2.05) is 6.92 Å². The number of likely N-dealkylation sites (tertiary alicyclic amines) is 1. The zero-order valence-electron chi connectivity index (χ0n) is 12.0. The maximum absolute atomic E-state index is 11.1. The molecule has 1 saturated heterocycles. The molecule has 2 atom stereocenters. The Kier molecular flexibility index (Phi) is 5.64. The molecule has 0 amide bonds. The molecule has 19 heavy (non-hydrogen) atoms. The van der Waals surface area contributed by atoms with Crippen molar-refractivity contribution >= 4 is 5.97 Å². The molecule has 1 aliphatic heterocycles. The lowest BCUT2D eigenvalue weighted by Crippen LogP contribution is -2.38. The summed E-state index contributed by atoms with van der Waals surface area (Å²) in [5, 5.41) is 9.11. The number of nitrogens with zero attached hydrogens (tertiary/aromatic N) is 1. The molecule has 0 aromatic rings. The summed E-state index contributed by atoms with van der Waals surface area (Å²) >= 11 is 0. The van der Waals surface area contributed by atoms with E-state index in [0.29, 0.717) is 19.1 Å². The molecular formula is C15H27NO3. The fraction of sp³-hybridized carbons (Fsp3) is 0.933. The lowest BCUT2D eigenvalue weighted by atomic mass is 9.96. The number of carbonyl (C=O) groups is 1. The summed E-state index contributed by atoms with van der Waals surface area (Å²) in [7, 11) is 0. The Morgan fingerprint density at radius 2 is 2.05 bits per heavy atom. The molecule has 4 heteroatoms. The van der Waals surface area contributed by atoms with E-state index in [4.69, 9.17) is 9.84 Å². The Bertz CT molecular complexity index is 289. The predicted molar refractivity (Wildman–Crippen MR) is 74.2 cm³/mol. The Morgan fingerprint density at radius 3 is 2.68 bits per heavy atom. The molecule has 2 unspecified atom stereocenters. The van der Waals surface area contributed by atoms with Crippen LogP contribution in [0.15, 0.2) is 0 Å². The number of rotatable bonds is 7. The molecule has 0 aromatic heterocycles. The van der Waals surface area contributed by atoms with Crippen molar-refractivity contribution in [1.29, 1.82) is 0 Å². The van der Waals surface area contributed by atoms with Crippen LogP contribution >= 0.6 is 0 Å². The van der Waals surface area contributed by atoms with Crippen LogP contribution in [0.3, 0.4) is 0 Å². The molecule has 2 aliphatic rings. The summed E-state index contributed by atoms with van der Waals surface area (Å²) in [5.74, 6) is 0.0383. The van der Waals surface area contributed by atoms with Crippen molar-refractivity contribution in [2.24, 2.45) is 5.92 Å². The van der Waals surface area contributed by atoms with Gasteiger partial charge in [-0.05, 0) is 51.5 Å². The van der Waals surface area contributed by atoms with Crippen LogP contribution in [0, 0.1) is 5.92 Å². The van der Waals surface area contributed by atoms with Crippen molar-refractivity contribution in [2.75, 3.05) is 19.7 Å². The lowest BCUT2D eigenvalue weighted by Gasteiger charge is -2.30. The monoisotopic (exact) mass is 269 g/mol. The van der Waals surface area contributed by atoms with Crippen LogP contribution in [-0.2, 0) is 9.53 Å². The Morgan fingerprint density at radius 1 is 1.32 bits per heavy atom. The third-order valence-electron chi connectivity index (χ3n) is 4.68. The second-order valence-corrected chi connectivity index (χ2v) is 5.86. The van der Waals surface area contributed by atoms with Gasteiger partial charge in [-0.2, -0.15) is 0 Å². The van der Waals surface area contributed by atoms with Crippen molar-refractivity contribution in [3.05, 3.63) is 0 Å². The molecule has 0 radical (unpaired) electrons. The van der Waals surface area contributed by atoms with Gasteiger partial charge >= 0.3 is 5.97 Å². The maximum atomic E-state index is 11.1. The molecule has 4 nitrogen and oxygen atoms in total. The van der Waals surface area contributed by atoms with Gasteiger partial charge < -0.3 is 9.84 Å². The van der Waals surface area contributed by atoms with Crippen LogP contribution in [0.2, 0.25) is 0 Å². The van der Waals surface area contributed by atoms with E-state index in [2.05, 4.69) is 4.90 Å². The molecular weight excluding hydrogens is 242 g/mol. The number of hydrogen-bond donors (Lipinski definition) is 1. The standard InChI is InChI=1S/C15H27NO3/c1-2-19-14(15(17)18)9-11-16-10-5-8-13(16)12-6-3-4-7-12/h12-14H,2-11H2,1H3,(H,17,18). The zero-order chi connectivity index (χ0) is 13.7. The average molecular weight is 269 g/mol. The highest BCUT2D eigenvalue weighted by molar-refractivity contribution is 5.72. The van der Waals surface area contributed by atoms with Gasteiger partial charge in [-0.25, -0.2) is 4.79 Å². The summed E-state index contributed by atoms with van der Waals surface area (Å²) in [6.07, 6.45) is 8.06. The largest absolute Gasteiger partial charge is 0.479 e. The van der Waals surface area contributed by atoms with Gasteiger partial charge in [0.2, 0.25) is 0 Å². The van der Waals surface area contributed by atoms with Crippen molar-refractivity contribution in [3.8, 4) is 0 Å². The van der Waals surface area contributed by atoms with Gasteiger partial charge in [0.05, 0.1) is 0 Å². The highest BCUT2D eigenvalue weighted by Gasteiger charge is 2.33. The number of ether oxygens (including phenoxy) is 1. The van der Waals surface area contributed by atoms with Crippen molar-refractivity contribution < 1.29 is 14.6 Å². The van der Waals surface area contributed by atoms with Gasteiger partial charge in [0, 0.05) is 19.2 Å². The predicted octanol–water partition coefficient (Wildman–Crippen LogP) is 2.52. The highest BCUT2D eigenvalue weighted by atomic mass is 16.5. The van der Waals surface area contributed by atoms with Gasteiger partial charge in [0.1, 0.15) is 0 Å². The summed E-state index contributed by atoms with van der Waals surface area (Å²) in [5.41, 5.74) is 0. The van der Waals surface area contributed by atoms with E-state index in [1.54, 1.807) is 0 Å².